The van der Waals surface area contributed by atoms with Gasteiger partial charge in [0.15, 0.2) is 5.11 Å². The number of rotatable bonds is 2. The molecule has 1 fully saturated rings. The molecule has 4 heteroatoms. The normalized spacial score (nSPS) is 19.7. The lowest BCUT2D eigenvalue weighted by atomic mass is 9.98. The second-order valence-electron chi connectivity index (χ2n) is 6.65. The van der Waals surface area contributed by atoms with Gasteiger partial charge in [0.2, 0.25) is 0 Å². The predicted molar refractivity (Wildman–Crippen MR) is 102 cm³/mol. The number of nitrogens with one attached hydrogen (secondary N) is 1. The van der Waals surface area contributed by atoms with E-state index in [1.807, 2.05) is 36.4 Å². The summed E-state index contributed by atoms with van der Waals surface area (Å²) in [4.78, 5) is 0. The fourth-order valence-corrected chi connectivity index (χ4v) is 3.80. The minimum absolute atomic E-state index is 0.0171. The van der Waals surface area contributed by atoms with Crippen LogP contribution in [0.3, 0.4) is 0 Å². The van der Waals surface area contributed by atoms with Gasteiger partial charge in [-0.1, -0.05) is 36.4 Å². The molecule has 0 radical (unpaired) electrons. The van der Waals surface area contributed by atoms with E-state index < -0.39 is 0 Å². The van der Waals surface area contributed by atoms with Crippen LogP contribution in [0.15, 0.2) is 60.7 Å². The maximum absolute atomic E-state index is 5.73. The smallest absolute Gasteiger partial charge is 0.192 e. The Labute approximate surface area is 143 Å². The second-order valence-corrected chi connectivity index (χ2v) is 7.04. The van der Waals surface area contributed by atoms with Crippen LogP contribution in [0.1, 0.15) is 27.2 Å². The van der Waals surface area contributed by atoms with Gasteiger partial charge < -0.3 is 5.32 Å². The SMILES string of the molecule is C[C@H]1CC(C)(C)N(c2ccccc2)N1C(=S)Nc1ccccc1. The summed E-state index contributed by atoms with van der Waals surface area (Å²) >= 11 is 5.73. The Morgan fingerprint density at radius 2 is 1.61 bits per heavy atom. The van der Waals surface area contributed by atoms with E-state index in [0.29, 0.717) is 6.04 Å². The zero-order valence-corrected chi connectivity index (χ0v) is 14.7. The van der Waals surface area contributed by atoms with Crippen LogP contribution in [0.5, 0.6) is 0 Å². The number of anilines is 2. The molecule has 120 valence electrons. The second kappa shape index (κ2) is 6.20. The Bertz CT molecular complexity index is 670. The first-order valence-corrected chi connectivity index (χ1v) is 8.40. The summed E-state index contributed by atoms with van der Waals surface area (Å²) in [5.41, 5.74) is 2.20. The summed E-state index contributed by atoms with van der Waals surface area (Å²) in [6.45, 7) is 6.76. The minimum Gasteiger partial charge on any atom is -0.331 e. The molecule has 0 amide bonds. The lowest BCUT2D eigenvalue weighted by Gasteiger charge is -2.40. The van der Waals surface area contributed by atoms with Gasteiger partial charge in [-0.15, -0.1) is 0 Å². The summed E-state index contributed by atoms with van der Waals surface area (Å²) in [6.07, 6.45) is 1.05. The number of benzene rings is 2. The Balaban J connectivity index is 1.90. The molecular weight excluding hydrogens is 302 g/mol. The van der Waals surface area contributed by atoms with Crippen molar-refractivity contribution in [2.45, 2.75) is 38.8 Å². The molecule has 0 unspecified atom stereocenters. The van der Waals surface area contributed by atoms with Crippen molar-refractivity contribution < 1.29 is 0 Å². The number of hydrogen-bond donors (Lipinski definition) is 1. The van der Waals surface area contributed by atoms with Gasteiger partial charge in [-0.2, -0.15) is 0 Å². The fourth-order valence-electron chi connectivity index (χ4n) is 3.42. The fraction of sp³-hybridized carbons (Fsp3) is 0.316. The van der Waals surface area contributed by atoms with E-state index >= 15 is 0 Å². The van der Waals surface area contributed by atoms with E-state index in [1.165, 1.54) is 5.69 Å². The highest BCUT2D eigenvalue weighted by molar-refractivity contribution is 7.80. The zero-order valence-electron chi connectivity index (χ0n) is 13.9. The van der Waals surface area contributed by atoms with E-state index in [1.54, 1.807) is 0 Å². The molecule has 1 aliphatic rings. The van der Waals surface area contributed by atoms with Crippen molar-refractivity contribution in [3.05, 3.63) is 60.7 Å². The Kier molecular flexibility index (Phi) is 4.26. The first-order chi connectivity index (χ1) is 11.0. The number of para-hydroxylation sites is 2. The van der Waals surface area contributed by atoms with Crippen molar-refractivity contribution in [3.8, 4) is 0 Å². The van der Waals surface area contributed by atoms with E-state index in [4.69, 9.17) is 12.2 Å². The summed E-state index contributed by atoms with van der Waals surface area (Å²) < 4.78 is 0. The Morgan fingerprint density at radius 3 is 2.22 bits per heavy atom. The molecule has 1 atom stereocenters. The average molecular weight is 325 g/mol. The predicted octanol–water partition coefficient (Wildman–Crippen LogP) is 4.68. The largest absolute Gasteiger partial charge is 0.331 e. The molecular formula is C19H23N3S. The molecule has 0 spiro atoms. The van der Waals surface area contributed by atoms with E-state index in [0.717, 1.165) is 17.2 Å². The standard InChI is InChI=1S/C19H23N3S/c1-15-14-19(2,3)22(17-12-8-5-9-13-17)21(15)18(23)20-16-10-6-4-7-11-16/h4-13,15H,14H2,1-3H3,(H,20,23)/t15-/m0/s1. The summed E-state index contributed by atoms with van der Waals surface area (Å²) in [6, 6.07) is 20.9. The molecule has 2 aromatic rings. The molecule has 3 nitrogen and oxygen atoms in total. The summed E-state index contributed by atoms with van der Waals surface area (Å²) in [5.74, 6) is 0. The van der Waals surface area contributed by atoms with Gasteiger partial charge in [0.1, 0.15) is 0 Å². The van der Waals surface area contributed by atoms with Gasteiger partial charge in [-0.3, -0.25) is 10.0 Å². The van der Waals surface area contributed by atoms with Crippen LogP contribution in [-0.4, -0.2) is 21.7 Å². The van der Waals surface area contributed by atoms with Gasteiger partial charge in [0, 0.05) is 5.69 Å². The highest BCUT2D eigenvalue weighted by Gasteiger charge is 2.44. The first kappa shape index (κ1) is 15.8. The van der Waals surface area contributed by atoms with E-state index in [2.05, 4.69) is 60.4 Å². The number of nitrogens with zero attached hydrogens (tertiary/aromatic N) is 2. The molecule has 23 heavy (non-hydrogen) atoms. The van der Waals surface area contributed by atoms with Crippen LogP contribution < -0.4 is 10.3 Å². The maximum atomic E-state index is 5.73. The first-order valence-electron chi connectivity index (χ1n) is 7.99. The van der Waals surface area contributed by atoms with Crippen LogP contribution in [0, 0.1) is 0 Å². The van der Waals surface area contributed by atoms with Crippen molar-refractivity contribution in [1.29, 1.82) is 0 Å². The van der Waals surface area contributed by atoms with Crippen molar-refractivity contribution >= 4 is 28.7 Å². The van der Waals surface area contributed by atoms with Gasteiger partial charge in [-0.25, -0.2) is 0 Å². The lowest BCUT2D eigenvalue weighted by Crippen LogP contribution is -2.52. The number of thiocarbonyl (C=S) groups is 1. The highest BCUT2D eigenvalue weighted by Crippen LogP contribution is 2.38. The molecule has 0 aliphatic carbocycles. The van der Waals surface area contributed by atoms with Crippen molar-refractivity contribution in [1.82, 2.24) is 5.01 Å². The minimum atomic E-state index is 0.0171. The lowest BCUT2D eigenvalue weighted by molar-refractivity contribution is 0.371. The van der Waals surface area contributed by atoms with Crippen LogP contribution in [0.25, 0.3) is 0 Å². The van der Waals surface area contributed by atoms with Crippen molar-refractivity contribution in [2.24, 2.45) is 0 Å². The third kappa shape index (κ3) is 3.17. The van der Waals surface area contributed by atoms with Crippen LogP contribution in [0.4, 0.5) is 11.4 Å². The molecule has 3 rings (SSSR count). The van der Waals surface area contributed by atoms with E-state index in [-0.39, 0.29) is 5.54 Å². The average Bonchev–Trinajstić information content (AvgIpc) is 2.78. The third-order valence-electron chi connectivity index (χ3n) is 4.24. The third-order valence-corrected chi connectivity index (χ3v) is 4.52. The molecule has 0 aromatic heterocycles. The highest BCUT2D eigenvalue weighted by atomic mass is 32.1. The molecule has 1 heterocycles. The van der Waals surface area contributed by atoms with Gasteiger partial charge in [0.05, 0.1) is 17.3 Å². The van der Waals surface area contributed by atoms with Crippen molar-refractivity contribution in [2.75, 3.05) is 10.3 Å². The van der Waals surface area contributed by atoms with E-state index in [9.17, 15) is 0 Å². The molecule has 0 bridgehead atoms. The number of hydrazine groups is 1. The molecule has 2 aromatic carbocycles. The monoisotopic (exact) mass is 325 g/mol. The maximum Gasteiger partial charge on any atom is 0.192 e. The summed E-state index contributed by atoms with van der Waals surface area (Å²) in [7, 11) is 0. The molecule has 1 N–H and O–H groups in total. The Hall–Kier alpha value is -2.07. The number of hydrogen-bond acceptors (Lipinski definition) is 2. The summed E-state index contributed by atoms with van der Waals surface area (Å²) in [5, 5.41) is 8.62. The topological polar surface area (TPSA) is 18.5 Å². The quantitative estimate of drug-likeness (QED) is 0.808. The van der Waals surface area contributed by atoms with Crippen LogP contribution >= 0.6 is 12.2 Å². The molecule has 0 saturated carbocycles. The van der Waals surface area contributed by atoms with Crippen LogP contribution in [-0.2, 0) is 0 Å². The van der Waals surface area contributed by atoms with Crippen LogP contribution in [0.2, 0.25) is 0 Å². The molecule has 1 aliphatic heterocycles. The zero-order chi connectivity index (χ0) is 16.4. The van der Waals surface area contributed by atoms with Crippen molar-refractivity contribution in [3.63, 3.8) is 0 Å². The van der Waals surface area contributed by atoms with Gasteiger partial charge >= 0.3 is 0 Å². The van der Waals surface area contributed by atoms with Gasteiger partial charge in [0.25, 0.3) is 0 Å². The molecule has 1 saturated heterocycles. The van der Waals surface area contributed by atoms with Gasteiger partial charge in [-0.05, 0) is 63.7 Å². The Morgan fingerprint density at radius 1 is 1.04 bits per heavy atom.